The Bertz CT molecular complexity index is 1920. The maximum atomic E-state index is 13.3. The van der Waals surface area contributed by atoms with Gasteiger partial charge in [-0.1, -0.05) is 42.5 Å². The zero-order valence-electron chi connectivity index (χ0n) is 30.5. The van der Waals surface area contributed by atoms with Gasteiger partial charge in [0, 0.05) is 57.6 Å². The van der Waals surface area contributed by atoms with Crippen LogP contribution in [0.1, 0.15) is 75.8 Å². The molecule has 1 N–H and O–H groups in total. The fourth-order valence-electron chi connectivity index (χ4n) is 7.52. The van der Waals surface area contributed by atoms with Crippen LogP contribution < -0.4 is 5.32 Å². The van der Waals surface area contributed by atoms with Crippen molar-refractivity contribution in [1.29, 1.82) is 5.26 Å². The molecule has 2 amide bonds. The van der Waals surface area contributed by atoms with Gasteiger partial charge in [0.05, 0.1) is 12.6 Å². The Morgan fingerprint density at radius 3 is 2.27 bits per heavy atom. The lowest BCUT2D eigenvalue weighted by atomic mass is 9.68. The van der Waals surface area contributed by atoms with Crippen molar-refractivity contribution >= 4 is 17.5 Å². The molecule has 264 valence electrons. The molecular weight excluding hydrogens is 638 g/mol. The fraction of sp³-hybridized carbons (Fsp3) is 0.390. The Morgan fingerprint density at radius 2 is 1.65 bits per heavy atom. The first-order valence-electron chi connectivity index (χ1n) is 17.6. The summed E-state index contributed by atoms with van der Waals surface area (Å²) in [5.74, 6) is 0.707. The number of rotatable bonds is 10. The quantitative estimate of drug-likeness (QED) is 0.230. The Balaban J connectivity index is 1.51. The van der Waals surface area contributed by atoms with Crippen LogP contribution in [-0.4, -0.2) is 90.1 Å². The predicted molar refractivity (Wildman–Crippen MR) is 198 cm³/mol. The number of aryl methyl sites for hydroxylation is 3. The van der Waals surface area contributed by atoms with Gasteiger partial charge in [-0.05, 0) is 104 Å². The van der Waals surface area contributed by atoms with Crippen LogP contribution in [0.3, 0.4) is 0 Å². The van der Waals surface area contributed by atoms with Gasteiger partial charge in [-0.3, -0.25) is 9.59 Å². The maximum Gasteiger partial charge on any atom is 0.253 e. The van der Waals surface area contributed by atoms with Crippen molar-refractivity contribution in [1.82, 2.24) is 30.2 Å². The number of carbonyl (C=O) groups is 2. The van der Waals surface area contributed by atoms with Crippen molar-refractivity contribution in [2.45, 2.75) is 63.5 Å². The Kier molecular flexibility index (Phi) is 10.1. The fourth-order valence-corrected chi connectivity index (χ4v) is 7.52. The van der Waals surface area contributed by atoms with Crippen LogP contribution in [0.5, 0.6) is 0 Å². The highest BCUT2D eigenvalue weighted by Gasteiger charge is 2.47. The van der Waals surface area contributed by atoms with E-state index in [0.29, 0.717) is 43.2 Å². The van der Waals surface area contributed by atoms with E-state index >= 15 is 0 Å². The largest absolute Gasteiger partial charge is 0.419 e. The summed E-state index contributed by atoms with van der Waals surface area (Å²) >= 11 is 0. The number of aromatic nitrogens is 2. The second kappa shape index (κ2) is 14.5. The molecule has 2 heterocycles. The van der Waals surface area contributed by atoms with Gasteiger partial charge in [-0.25, -0.2) is 0 Å². The zero-order valence-corrected chi connectivity index (χ0v) is 30.5. The van der Waals surface area contributed by atoms with Gasteiger partial charge >= 0.3 is 0 Å². The van der Waals surface area contributed by atoms with Gasteiger partial charge in [0.15, 0.2) is 0 Å². The topological polar surface area (TPSA) is 119 Å². The first-order chi connectivity index (χ1) is 24.4. The number of nitrogens with zero attached hydrogens (tertiary/aromatic N) is 6. The average molecular weight is 686 g/mol. The number of likely N-dealkylation sites (tertiary alicyclic amines) is 1. The standard InChI is InChI=1S/C41H47N7O3/c1-26-10-12-29(13-11-26)38-44-45-40(51-38)41(23-27(2)43-25-37(49)48-20-8-9-34(48)24-42)35-18-16-30(28(3)46(4)5)21-31(35)14-15-32-22-33(17-19-36(32)41)39(50)47(6)7/h10-13,16-19,21-22,27,34,43H,3,8-9,14-15,20,23,25H2,1-2,4-7H3/t27-,34?,41?/m1/s1. The molecule has 1 fully saturated rings. The number of nitrogens with one attached hydrogen (secondary N) is 1. The lowest BCUT2D eigenvalue weighted by Crippen LogP contribution is -2.45. The normalized spacial score (nSPS) is 18.6. The second-order valence-corrected chi connectivity index (χ2v) is 14.3. The molecule has 3 aromatic carbocycles. The lowest BCUT2D eigenvalue weighted by Gasteiger charge is -2.36. The van der Waals surface area contributed by atoms with E-state index in [2.05, 4.69) is 48.2 Å². The number of nitriles is 1. The van der Waals surface area contributed by atoms with E-state index in [0.717, 1.165) is 57.5 Å². The monoisotopic (exact) mass is 685 g/mol. The first-order valence-corrected chi connectivity index (χ1v) is 17.6. The number of hydrogen-bond donors (Lipinski definition) is 1. The van der Waals surface area contributed by atoms with Crippen molar-refractivity contribution in [3.8, 4) is 17.5 Å². The summed E-state index contributed by atoms with van der Waals surface area (Å²) in [7, 11) is 7.48. The van der Waals surface area contributed by atoms with Crippen LogP contribution >= 0.6 is 0 Å². The van der Waals surface area contributed by atoms with Gasteiger partial charge < -0.3 is 24.4 Å². The molecule has 2 aliphatic rings. The Morgan fingerprint density at radius 1 is 1.00 bits per heavy atom. The van der Waals surface area contributed by atoms with Crippen LogP contribution in [0.15, 0.2) is 71.7 Å². The first kappa shape index (κ1) is 35.6. The molecule has 10 heteroatoms. The van der Waals surface area contributed by atoms with Crippen molar-refractivity contribution in [3.63, 3.8) is 0 Å². The average Bonchev–Trinajstić information content (AvgIpc) is 3.80. The van der Waals surface area contributed by atoms with Gasteiger partial charge in [0.25, 0.3) is 5.91 Å². The molecule has 51 heavy (non-hydrogen) atoms. The highest BCUT2D eigenvalue weighted by atomic mass is 16.4. The summed E-state index contributed by atoms with van der Waals surface area (Å²) in [5, 5.41) is 22.5. The van der Waals surface area contributed by atoms with Crippen LogP contribution in [-0.2, 0) is 23.1 Å². The minimum absolute atomic E-state index is 0.0692. The minimum Gasteiger partial charge on any atom is -0.419 e. The SMILES string of the molecule is C=C(c1ccc2c(c1)CCc1cc(C(=O)N(C)C)ccc1C2(C[C@@H](C)NCC(=O)N1CCCC1C#N)c1nnc(-c2ccc(C)cc2)o1)N(C)C. The number of carbonyl (C=O) groups excluding carboxylic acids is 2. The van der Waals surface area contributed by atoms with Crippen molar-refractivity contribution in [3.05, 3.63) is 112 Å². The third-order valence-corrected chi connectivity index (χ3v) is 10.3. The summed E-state index contributed by atoms with van der Waals surface area (Å²) in [6, 6.07) is 22.1. The molecule has 4 aromatic rings. The summed E-state index contributed by atoms with van der Waals surface area (Å²) < 4.78 is 6.73. The molecule has 0 saturated carbocycles. The maximum absolute atomic E-state index is 13.3. The molecule has 1 aliphatic carbocycles. The van der Waals surface area contributed by atoms with E-state index in [9.17, 15) is 14.9 Å². The smallest absolute Gasteiger partial charge is 0.253 e. The number of benzene rings is 3. The van der Waals surface area contributed by atoms with Gasteiger partial charge in [-0.15, -0.1) is 10.2 Å². The summed E-state index contributed by atoms with van der Waals surface area (Å²) in [5.41, 5.74) is 7.71. The van der Waals surface area contributed by atoms with E-state index in [-0.39, 0.29) is 30.4 Å². The van der Waals surface area contributed by atoms with E-state index in [1.54, 1.807) is 23.9 Å². The molecule has 0 radical (unpaired) electrons. The molecule has 0 spiro atoms. The molecule has 3 atom stereocenters. The van der Waals surface area contributed by atoms with Gasteiger partial charge in [0.1, 0.15) is 11.5 Å². The molecular formula is C41H47N7O3. The van der Waals surface area contributed by atoms with Gasteiger partial charge in [-0.2, -0.15) is 5.26 Å². The highest BCUT2D eigenvalue weighted by Crippen LogP contribution is 2.48. The summed E-state index contributed by atoms with van der Waals surface area (Å²) in [6.07, 6.45) is 3.43. The van der Waals surface area contributed by atoms with E-state index in [1.165, 1.54) is 0 Å². The number of amides is 2. The molecule has 1 saturated heterocycles. The van der Waals surface area contributed by atoms with Crippen molar-refractivity contribution < 1.29 is 14.0 Å². The Hall–Kier alpha value is -5.27. The Labute approximate surface area is 300 Å². The second-order valence-electron chi connectivity index (χ2n) is 14.3. The molecule has 6 rings (SSSR count). The van der Waals surface area contributed by atoms with Crippen molar-refractivity contribution in [2.75, 3.05) is 41.3 Å². The van der Waals surface area contributed by atoms with Crippen molar-refractivity contribution in [2.24, 2.45) is 0 Å². The number of hydrogen-bond acceptors (Lipinski definition) is 8. The lowest BCUT2D eigenvalue weighted by molar-refractivity contribution is -0.130. The van der Waals surface area contributed by atoms with Crippen LogP contribution in [0.25, 0.3) is 17.2 Å². The highest BCUT2D eigenvalue weighted by molar-refractivity contribution is 5.94. The van der Waals surface area contributed by atoms with Crippen LogP contribution in [0, 0.1) is 18.3 Å². The molecule has 0 bridgehead atoms. The molecule has 10 nitrogen and oxygen atoms in total. The summed E-state index contributed by atoms with van der Waals surface area (Å²) in [6.45, 7) is 9.13. The molecule has 1 aromatic heterocycles. The van der Waals surface area contributed by atoms with E-state index in [1.807, 2.05) is 68.4 Å². The number of fused-ring (bicyclic) bond motifs is 2. The summed E-state index contributed by atoms with van der Waals surface area (Å²) in [4.78, 5) is 31.8. The predicted octanol–water partition coefficient (Wildman–Crippen LogP) is 5.59. The third-order valence-electron chi connectivity index (χ3n) is 10.3. The molecule has 2 unspecified atom stereocenters. The zero-order chi connectivity index (χ0) is 36.4. The van der Waals surface area contributed by atoms with E-state index < -0.39 is 5.41 Å². The van der Waals surface area contributed by atoms with Gasteiger partial charge in [0.2, 0.25) is 17.7 Å². The van der Waals surface area contributed by atoms with E-state index in [4.69, 9.17) is 9.52 Å². The van der Waals surface area contributed by atoms with Crippen LogP contribution in [0.2, 0.25) is 0 Å². The van der Waals surface area contributed by atoms with Crippen LogP contribution in [0.4, 0.5) is 0 Å². The minimum atomic E-state index is -0.937. The third kappa shape index (κ3) is 6.91. The molecule has 1 aliphatic heterocycles.